The van der Waals surface area contributed by atoms with E-state index in [1.807, 2.05) is 0 Å². The zero-order valence-electron chi connectivity index (χ0n) is 6.79. The van der Waals surface area contributed by atoms with Crippen LogP contribution >= 0.6 is 0 Å². The number of nitrogens with zero attached hydrogens (tertiary/aromatic N) is 2. The molecule has 0 bridgehead atoms. The average Bonchev–Trinajstić information content (AvgIpc) is 2.47. The van der Waals surface area contributed by atoms with E-state index < -0.39 is 0 Å². The second-order valence-corrected chi connectivity index (χ2v) is 2.26. The quantitative estimate of drug-likeness (QED) is 0.622. The fourth-order valence-electron chi connectivity index (χ4n) is 0.748. The van der Waals surface area contributed by atoms with Gasteiger partial charge in [-0.2, -0.15) is 15.4 Å². The van der Waals surface area contributed by atoms with Crippen LogP contribution in [0.1, 0.15) is 16.2 Å². The van der Waals surface area contributed by atoms with Crippen LogP contribution in [0, 0.1) is 6.92 Å². The molecule has 0 aliphatic heterocycles. The summed E-state index contributed by atoms with van der Waals surface area (Å²) in [6, 6.07) is 0. The maximum Gasteiger partial charge on any atom is 0.273 e. The predicted molar refractivity (Wildman–Crippen MR) is 43.6 cm³/mol. The van der Waals surface area contributed by atoms with E-state index in [4.69, 9.17) is 0 Å². The number of nitrogens with one attached hydrogen (secondary N) is 2. The normalized spacial score (nSPS) is 9.42. The van der Waals surface area contributed by atoms with Gasteiger partial charge >= 0.3 is 0 Å². The lowest BCUT2D eigenvalue weighted by Crippen LogP contribution is -2.24. The molecule has 0 saturated carbocycles. The first-order valence-electron chi connectivity index (χ1n) is 3.52. The number of hydrogen-bond acceptors (Lipinski definition) is 3. The minimum Gasteiger partial charge on any atom is -0.347 e. The van der Waals surface area contributed by atoms with Crippen LogP contribution in [-0.2, 0) is 0 Å². The van der Waals surface area contributed by atoms with Crippen molar-refractivity contribution in [2.75, 3.05) is 6.54 Å². The summed E-state index contributed by atoms with van der Waals surface area (Å²) in [6.07, 6.45) is 1.60. The van der Waals surface area contributed by atoms with E-state index in [0.717, 1.165) is 0 Å². The molecule has 0 spiro atoms. The number of H-pyrrole nitrogens is 1. The molecular weight excluding hydrogens is 156 g/mol. The van der Waals surface area contributed by atoms with Gasteiger partial charge in [-0.15, -0.1) is 6.58 Å². The van der Waals surface area contributed by atoms with Crippen molar-refractivity contribution >= 4 is 5.91 Å². The maximum absolute atomic E-state index is 11.2. The molecule has 0 atom stereocenters. The zero-order chi connectivity index (χ0) is 8.97. The number of amides is 1. The van der Waals surface area contributed by atoms with Crippen molar-refractivity contribution in [3.8, 4) is 0 Å². The first-order valence-corrected chi connectivity index (χ1v) is 3.52. The molecule has 1 heterocycles. The predicted octanol–water partition coefficient (Wildman–Crippen LogP) is 0.0289. The van der Waals surface area contributed by atoms with E-state index in [1.54, 1.807) is 13.0 Å². The monoisotopic (exact) mass is 166 g/mol. The third-order valence-electron chi connectivity index (χ3n) is 1.34. The zero-order valence-corrected chi connectivity index (χ0v) is 6.79. The van der Waals surface area contributed by atoms with E-state index in [-0.39, 0.29) is 5.91 Å². The molecule has 2 N–H and O–H groups in total. The van der Waals surface area contributed by atoms with Gasteiger partial charge in [0, 0.05) is 6.54 Å². The van der Waals surface area contributed by atoms with Gasteiger partial charge in [-0.3, -0.25) is 4.79 Å². The smallest absolute Gasteiger partial charge is 0.273 e. The number of aryl methyl sites for hydroxylation is 1. The Labute approximate surface area is 69.9 Å². The number of carbonyl (C=O) groups is 1. The molecule has 0 saturated heterocycles. The van der Waals surface area contributed by atoms with Crippen LogP contribution in [0.15, 0.2) is 12.7 Å². The highest BCUT2D eigenvalue weighted by atomic mass is 16.1. The fourth-order valence-corrected chi connectivity index (χ4v) is 0.748. The molecule has 0 aliphatic rings. The number of aromatic amines is 1. The van der Waals surface area contributed by atoms with Crippen LogP contribution in [0.25, 0.3) is 0 Å². The highest BCUT2D eigenvalue weighted by Crippen LogP contribution is 1.96. The molecule has 5 heteroatoms. The maximum atomic E-state index is 11.2. The molecule has 64 valence electrons. The second kappa shape index (κ2) is 3.66. The Balaban J connectivity index is 2.65. The lowest BCUT2D eigenvalue weighted by Gasteiger charge is -1.97. The molecule has 1 amide bonds. The molecule has 1 aromatic rings. The summed E-state index contributed by atoms with van der Waals surface area (Å²) < 4.78 is 0. The van der Waals surface area contributed by atoms with Gasteiger partial charge in [0.2, 0.25) is 0 Å². The fraction of sp³-hybridized carbons (Fsp3) is 0.286. The highest BCUT2D eigenvalue weighted by molar-refractivity contribution is 5.93. The summed E-state index contributed by atoms with van der Waals surface area (Å²) in [4.78, 5) is 11.2. The van der Waals surface area contributed by atoms with Crippen molar-refractivity contribution in [1.29, 1.82) is 0 Å². The summed E-state index contributed by atoms with van der Waals surface area (Å²) >= 11 is 0. The Morgan fingerprint density at radius 1 is 1.75 bits per heavy atom. The van der Waals surface area contributed by atoms with Crippen molar-refractivity contribution in [1.82, 2.24) is 20.7 Å². The molecular formula is C7H10N4O. The van der Waals surface area contributed by atoms with E-state index in [2.05, 4.69) is 27.3 Å². The number of hydrogen-bond donors (Lipinski definition) is 2. The van der Waals surface area contributed by atoms with Crippen LogP contribution in [0.2, 0.25) is 0 Å². The molecule has 0 radical (unpaired) electrons. The van der Waals surface area contributed by atoms with Crippen LogP contribution in [0.3, 0.4) is 0 Å². The molecule has 5 nitrogen and oxygen atoms in total. The topological polar surface area (TPSA) is 70.7 Å². The Kier molecular flexibility index (Phi) is 2.57. The SMILES string of the molecule is C=CCNC(=O)c1n[nH]nc1C. The van der Waals surface area contributed by atoms with Gasteiger partial charge in [-0.05, 0) is 6.92 Å². The van der Waals surface area contributed by atoms with E-state index >= 15 is 0 Å². The minimum atomic E-state index is -0.235. The first kappa shape index (κ1) is 8.45. The van der Waals surface area contributed by atoms with Crippen molar-refractivity contribution < 1.29 is 4.79 Å². The molecule has 0 aromatic carbocycles. The number of carbonyl (C=O) groups excluding carboxylic acids is 1. The van der Waals surface area contributed by atoms with E-state index in [0.29, 0.717) is 17.9 Å². The molecule has 1 aromatic heterocycles. The van der Waals surface area contributed by atoms with E-state index in [1.165, 1.54) is 0 Å². The summed E-state index contributed by atoms with van der Waals surface area (Å²) in [5.74, 6) is -0.235. The Morgan fingerprint density at radius 3 is 3.00 bits per heavy atom. The Morgan fingerprint density at radius 2 is 2.50 bits per heavy atom. The molecule has 0 unspecified atom stereocenters. The summed E-state index contributed by atoms with van der Waals surface area (Å²) in [5, 5.41) is 12.4. The van der Waals surface area contributed by atoms with Crippen molar-refractivity contribution in [3.63, 3.8) is 0 Å². The summed E-state index contributed by atoms with van der Waals surface area (Å²) in [6.45, 7) is 5.63. The van der Waals surface area contributed by atoms with Gasteiger partial charge in [0.25, 0.3) is 5.91 Å². The van der Waals surface area contributed by atoms with Crippen LogP contribution in [0.4, 0.5) is 0 Å². The largest absolute Gasteiger partial charge is 0.347 e. The third-order valence-corrected chi connectivity index (χ3v) is 1.34. The Bertz CT molecular complexity index is 291. The molecule has 12 heavy (non-hydrogen) atoms. The van der Waals surface area contributed by atoms with Gasteiger partial charge in [0.05, 0.1) is 5.69 Å². The van der Waals surface area contributed by atoms with Crippen LogP contribution < -0.4 is 5.32 Å². The molecule has 0 fully saturated rings. The molecule has 1 rings (SSSR count). The van der Waals surface area contributed by atoms with Crippen LogP contribution in [-0.4, -0.2) is 27.9 Å². The average molecular weight is 166 g/mol. The van der Waals surface area contributed by atoms with Gasteiger partial charge in [0.15, 0.2) is 5.69 Å². The summed E-state index contributed by atoms with van der Waals surface area (Å²) in [7, 11) is 0. The highest BCUT2D eigenvalue weighted by Gasteiger charge is 2.10. The number of aromatic nitrogens is 3. The summed E-state index contributed by atoms with van der Waals surface area (Å²) in [5.41, 5.74) is 0.924. The lowest BCUT2D eigenvalue weighted by atomic mass is 10.3. The van der Waals surface area contributed by atoms with Crippen molar-refractivity contribution in [2.24, 2.45) is 0 Å². The van der Waals surface area contributed by atoms with Gasteiger partial charge in [-0.1, -0.05) is 6.08 Å². The molecule has 0 aliphatic carbocycles. The Hall–Kier alpha value is -1.65. The standard InChI is InChI=1S/C7H10N4O/c1-3-4-8-7(12)6-5(2)9-11-10-6/h3H,1,4H2,2H3,(H,8,12)(H,9,10,11). The third kappa shape index (κ3) is 1.69. The van der Waals surface area contributed by atoms with Gasteiger partial charge in [-0.25, -0.2) is 0 Å². The lowest BCUT2D eigenvalue weighted by molar-refractivity contribution is 0.0952. The second-order valence-electron chi connectivity index (χ2n) is 2.26. The number of rotatable bonds is 3. The van der Waals surface area contributed by atoms with Crippen LogP contribution in [0.5, 0.6) is 0 Å². The first-order chi connectivity index (χ1) is 5.75. The van der Waals surface area contributed by atoms with Gasteiger partial charge in [0.1, 0.15) is 0 Å². The van der Waals surface area contributed by atoms with Gasteiger partial charge < -0.3 is 5.32 Å². The van der Waals surface area contributed by atoms with Crippen molar-refractivity contribution in [3.05, 3.63) is 24.0 Å². The van der Waals surface area contributed by atoms with Crippen molar-refractivity contribution in [2.45, 2.75) is 6.92 Å². The minimum absolute atomic E-state index is 0.235. The van der Waals surface area contributed by atoms with E-state index in [9.17, 15) is 4.79 Å².